The summed E-state index contributed by atoms with van der Waals surface area (Å²) in [5.41, 5.74) is 0.954. The molecule has 3 aliphatic rings. The predicted molar refractivity (Wildman–Crippen MR) is 114 cm³/mol. The van der Waals surface area contributed by atoms with Crippen molar-refractivity contribution in [2.75, 3.05) is 18.1 Å². The van der Waals surface area contributed by atoms with Crippen molar-refractivity contribution < 1.29 is 9.47 Å². The van der Waals surface area contributed by atoms with E-state index in [1.807, 2.05) is 24.8 Å². The van der Waals surface area contributed by atoms with Gasteiger partial charge in [-0.2, -0.15) is 4.98 Å². The standard InChI is InChI=1S/C23H27N5O2/c1-2-20-21(25-9-1)12-22(28-17-3-4-18(28)14-29-13-17)26-23(20)30-19-7-5-16(6-8-19)27-11-10-24-15-27/h1-2,9-12,15-19H,3-8,13-14H2. The van der Waals surface area contributed by atoms with Gasteiger partial charge in [0.25, 0.3) is 0 Å². The summed E-state index contributed by atoms with van der Waals surface area (Å²) in [5, 5.41) is 0.999. The van der Waals surface area contributed by atoms with Crippen molar-refractivity contribution in [3.63, 3.8) is 0 Å². The second-order valence-corrected chi connectivity index (χ2v) is 8.74. The molecule has 0 amide bonds. The van der Waals surface area contributed by atoms with Crippen molar-refractivity contribution in [2.24, 2.45) is 0 Å². The Morgan fingerprint density at radius 3 is 2.53 bits per heavy atom. The number of anilines is 1. The van der Waals surface area contributed by atoms with Crippen molar-refractivity contribution in [3.05, 3.63) is 43.1 Å². The minimum Gasteiger partial charge on any atom is -0.474 e. The lowest BCUT2D eigenvalue weighted by atomic mass is 9.93. The molecule has 0 aromatic carbocycles. The molecule has 3 fully saturated rings. The average Bonchev–Trinajstić information content (AvgIpc) is 3.40. The summed E-state index contributed by atoms with van der Waals surface area (Å²) in [4.78, 5) is 16.3. The largest absolute Gasteiger partial charge is 0.474 e. The molecule has 3 aromatic heterocycles. The van der Waals surface area contributed by atoms with Gasteiger partial charge in [0.2, 0.25) is 5.88 Å². The van der Waals surface area contributed by atoms with Crippen LogP contribution in [0.15, 0.2) is 43.1 Å². The topological polar surface area (TPSA) is 65.3 Å². The fraction of sp³-hybridized carbons (Fsp3) is 0.522. The molecule has 2 saturated heterocycles. The Morgan fingerprint density at radius 2 is 1.77 bits per heavy atom. The highest BCUT2D eigenvalue weighted by Gasteiger charge is 2.38. The summed E-state index contributed by atoms with van der Waals surface area (Å²) in [5.74, 6) is 1.71. The molecule has 30 heavy (non-hydrogen) atoms. The third kappa shape index (κ3) is 3.21. The molecule has 1 saturated carbocycles. The summed E-state index contributed by atoms with van der Waals surface area (Å²) in [7, 11) is 0. The maximum atomic E-state index is 6.52. The van der Waals surface area contributed by atoms with Crippen molar-refractivity contribution >= 4 is 16.7 Å². The molecule has 0 radical (unpaired) electrons. The van der Waals surface area contributed by atoms with Crippen molar-refractivity contribution in [1.29, 1.82) is 0 Å². The predicted octanol–water partition coefficient (Wildman–Crippen LogP) is 3.76. The molecule has 0 spiro atoms. The van der Waals surface area contributed by atoms with E-state index < -0.39 is 0 Å². The summed E-state index contributed by atoms with van der Waals surface area (Å²) >= 11 is 0. The van der Waals surface area contributed by atoms with Gasteiger partial charge in [-0.25, -0.2) is 4.98 Å². The lowest BCUT2D eigenvalue weighted by Gasteiger charge is -2.36. The van der Waals surface area contributed by atoms with Crippen LogP contribution in [0.1, 0.15) is 44.6 Å². The molecule has 1 aliphatic carbocycles. The van der Waals surface area contributed by atoms with Gasteiger partial charge >= 0.3 is 0 Å². The van der Waals surface area contributed by atoms with Gasteiger partial charge in [-0.05, 0) is 50.7 Å². The molecule has 2 atom stereocenters. The minimum atomic E-state index is 0.192. The van der Waals surface area contributed by atoms with Crippen LogP contribution in [0.5, 0.6) is 5.88 Å². The molecular weight excluding hydrogens is 378 g/mol. The molecule has 156 valence electrons. The highest BCUT2D eigenvalue weighted by atomic mass is 16.5. The van der Waals surface area contributed by atoms with Crippen LogP contribution in [0, 0.1) is 0 Å². The molecule has 2 unspecified atom stereocenters. The maximum Gasteiger partial charge on any atom is 0.225 e. The fourth-order valence-electron chi connectivity index (χ4n) is 5.36. The number of rotatable bonds is 4. The Balaban J connectivity index is 1.26. The van der Waals surface area contributed by atoms with Gasteiger partial charge in [0.1, 0.15) is 11.9 Å². The number of hydrogen-bond acceptors (Lipinski definition) is 6. The first-order chi connectivity index (χ1) is 14.8. The number of morpholine rings is 1. The van der Waals surface area contributed by atoms with E-state index in [0.717, 1.165) is 61.5 Å². The second kappa shape index (κ2) is 7.54. The Kier molecular flexibility index (Phi) is 4.56. The highest BCUT2D eigenvalue weighted by molar-refractivity contribution is 5.86. The molecule has 7 heteroatoms. The van der Waals surface area contributed by atoms with E-state index in [-0.39, 0.29) is 6.10 Å². The van der Waals surface area contributed by atoms with Gasteiger partial charge in [0, 0.05) is 30.7 Å². The molecule has 6 rings (SSSR count). The van der Waals surface area contributed by atoms with Gasteiger partial charge in [-0.3, -0.25) is 4.98 Å². The Hall–Kier alpha value is -2.67. The highest BCUT2D eigenvalue weighted by Crippen LogP contribution is 2.37. The molecular formula is C23H27N5O2. The first kappa shape index (κ1) is 18.1. The van der Waals surface area contributed by atoms with E-state index in [2.05, 4.69) is 37.8 Å². The number of hydrogen-bond donors (Lipinski definition) is 0. The summed E-state index contributed by atoms with van der Waals surface area (Å²) in [6.07, 6.45) is 14.5. The summed E-state index contributed by atoms with van der Waals surface area (Å²) in [6.45, 7) is 1.57. The van der Waals surface area contributed by atoms with Crippen molar-refractivity contribution in [3.8, 4) is 5.88 Å². The van der Waals surface area contributed by atoms with Crippen LogP contribution in [-0.2, 0) is 4.74 Å². The van der Waals surface area contributed by atoms with Gasteiger partial charge in [-0.1, -0.05) is 0 Å². The Bertz CT molecular complexity index is 1000. The second-order valence-electron chi connectivity index (χ2n) is 8.74. The third-order valence-corrected chi connectivity index (χ3v) is 6.92. The van der Waals surface area contributed by atoms with Crippen LogP contribution < -0.4 is 9.64 Å². The lowest BCUT2D eigenvalue weighted by molar-refractivity contribution is 0.0899. The molecule has 0 N–H and O–H groups in total. The van der Waals surface area contributed by atoms with Gasteiger partial charge < -0.3 is 18.9 Å². The lowest BCUT2D eigenvalue weighted by Crippen LogP contribution is -2.46. The van der Waals surface area contributed by atoms with Crippen LogP contribution >= 0.6 is 0 Å². The Morgan fingerprint density at radius 1 is 0.967 bits per heavy atom. The van der Waals surface area contributed by atoms with Crippen molar-refractivity contribution in [1.82, 2.24) is 19.5 Å². The summed E-state index contributed by atoms with van der Waals surface area (Å²) in [6, 6.07) is 7.50. The van der Waals surface area contributed by atoms with E-state index in [9.17, 15) is 0 Å². The van der Waals surface area contributed by atoms with Crippen LogP contribution in [0.25, 0.3) is 10.9 Å². The van der Waals surface area contributed by atoms with E-state index in [0.29, 0.717) is 18.1 Å². The zero-order valence-electron chi connectivity index (χ0n) is 17.1. The van der Waals surface area contributed by atoms with Crippen LogP contribution in [0.4, 0.5) is 5.82 Å². The first-order valence-corrected chi connectivity index (χ1v) is 11.1. The van der Waals surface area contributed by atoms with Gasteiger partial charge in [-0.15, -0.1) is 0 Å². The average molecular weight is 406 g/mol. The Labute approximate surface area is 176 Å². The van der Waals surface area contributed by atoms with Gasteiger partial charge in [0.05, 0.1) is 42.5 Å². The number of nitrogens with zero attached hydrogens (tertiary/aromatic N) is 5. The quantitative estimate of drug-likeness (QED) is 0.659. The van der Waals surface area contributed by atoms with E-state index in [1.54, 1.807) is 0 Å². The minimum absolute atomic E-state index is 0.192. The number of pyridine rings is 2. The van der Waals surface area contributed by atoms with Gasteiger partial charge in [0.15, 0.2) is 0 Å². The van der Waals surface area contributed by atoms with Crippen LogP contribution in [0.2, 0.25) is 0 Å². The smallest absolute Gasteiger partial charge is 0.225 e. The van der Waals surface area contributed by atoms with E-state index >= 15 is 0 Å². The van der Waals surface area contributed by atoms with Crippen LogP contribution in [0.3, 0.4) is 0 Å². The number of aromatic nitrogens is 4. The van der Waals surface area contributed by atoms with Crippen LogP contribution in [-0.4, -0.2) is 50.9 Å². The number of imidazole rings is 1. The third-order valence-electron chi connectivity index (χ3n) is 6.92. The zero-order valence-corrected chi connectivity index (χ0v) is 17.1. The first-order valence-electron chi connectivity index (χ1n) is 11.1. The van der Waals surface area contributed by atoms with E-state index in [4.69, 9.17) is 14.5 Å². The molecule has 2 bridgehead atoms. The number of ether oxygens (including phenoxy) is 2. The molecule has 7 nitrogen and oxygen atoms in total. The SMILES string of the molecule is c1cnc2cc(N3C4CCC3COC4)nc(OC3CCC(n4ccnc4)CC3)c2c1. The van der Waals surface area contributed by atoms with E-state index in [1.165, 1.54) is 12.8 Å². The summed E-state index contributed by atoms with van der Waals surface area (Å²) < 4.78 is 14.5. The monoisotopic (exact) mass is 405 g/mol. The maximum absolute atomic E-state index is 6.52. The van der Waals surface area contributed by atoms with Crippen molar-refractivity contribution in [2.45, 2.75) is 62.8 Å². The fourth-order valence-corrected chi connectivity index (χ4v) is 5.36. The molecule has 3 aromatic rings. The molecule has 5 heterocycles. The zero-order chi connectivity index (χ0) is 19.9. The normalized spacial score (nSPS) is 28.7. The molecule has 2 aliphatic heterocycles. The number of fused-ring (bicyclic) bond motifs is 3.